The second kappa shape index (κ2) is 3.92. The molecule has 1 radical (unpaired) electrons. The molecule has 2 aromatic rings. The van der Waals surface area contributed by atoms with Crippen molar-refractivity contribution in [1.82, 2.24) is 9.97 Å². The minimum absolute atomic E-state index is 0.397. The summed E-state index contributed by atoms with van der Waals surface area (Å²) in [6, 6.07) is 6.42. The molecular weight excluding hydrogens is 217 g/mol. The van der Waals surface area contributed by atoms with E-state index in [-0.39, 0.29) is 0 Å². The standard InChI is InChI=1S/C11H6F3N2/c12-11(13,14)9-3-1-2-8(6-9)10-4-5-15-7-16-10/h1-4,6-7H. The molecule has 1 aromatic carbocycles. The van der Waals surface area contributed by atoms with Crippen molar-refractivity contribution in [3.05, 3.63) is 48.4 Å². The summed E-state index contributed by atoms with van der Waals surface area (Å²) in [6.07, 6.45) is -0.571. The van der Waals surface area contributed by atoms with E-state index in [4.69, 9.17) is 0 Å². The third kappa shape index (κ3) is 2.18. The second-order valence-corrected chi connectivity index (χ2v) is 3.11. The van der Waals surface area contributed by atoms with Gasteiger partial charge in [0.2, 0.25) is 0 Å². The molecule has 0 aliphatic carbocycles. The lowest BCUT2D eigenvalue weighted by atomic mass is 10.1. The Hall–Kier alpha value is -1.91. The molecule has 1 aromatic heterocycles. The van der Waals surface area contributed by atoms with Crippen molar-refractivity contribution in [1.29, 1.82) is 0 Å². The molecule has 2 rings (SSSR count). The lowest BCUT2D eigenvalue weighted by Crippen LogP contribution is -2.04. The summed E-state index contributed by atoms with van der Waals surface area (Å²) in [5, 5.41) is 0. The third-order valence-electron chi connectivity index (χ3n) is 2.02. The van der Waals surface area contributed by atoms with Crippen LogP contribution in [0.1, 0.15) is 5.56 Å². The monoisotopic (exact) mass is 223 g/mol. The molecule has 0 aliphatic rings. The number of hydrogen-bond acceptors (Lipinski definition) is 2. The highest BCUT2D eigenvalue weighted by atomic mass is 19.4. The van der Waals surface area contributed by atoms with Crippen LogP contribution in [0.15, 0.2) is 36.7 Å². The van der Waals surface area contributed by atoms with Crippen molar-refractivity contribution in [3.8, 4) is 11.3 Å². The Morgan fingerprint density at radius 1 is 1.19 bits per heavy atom. The van der Waals surface area contributed by atoms with E-state index in [0.29, 0.717) is 11.3 Å². The SMILES string of the molecule is FC(F)(F)c1cccc(-c2c[c]ncn2)c1. The largest absolute Gasteiger partial charge is 0.416 e. The molecule has 0 bridgehead atoms. The van der Waals surface area contributed by atoms with Gasteiger partial charge in [-0.05, 0) is 18.2 Å². The molecule has 0 aliphatic heterocycles. The van der Waals surface area contributed by atoms with Crippen LogP contribution in [-0.2, 0) is 6.18 Å². The van der Waals surface area contributed by atoms with Crippen molar-refractivity contribution in [2.24, 2.45) is 0 Å². The van der Waals surface area contributed by atoms with E-state index in [1.807, 2.05) is 0 Å². The summed E-state index contributed by atoms with van der Waals surface area (Å²) in [5.41, 5.74) is 0.123. The first kappa shape index (κ1) is 10.6. The molecule has 5 heteroatoms. The fourth-order valence-electron chi connectivity index (χ4n) is 1.27. The topological polar surface area (TPSA) is 25.8 Å². The smallest absolute Gasteiger partial charge is 0.236 e. The summed E-state index contributed by atoms with van der Waals surface area (Å²) in [5.74, 6) is 0. The van der Waals surface area contributed by atoms with Crippen LogP contribution in [0.2, 0.25) is 0 Å². The summed E-state index contributed by atoms with van der Waals surface area (Å²) < 4.78 is 37.3. The van der Waals surface area contributed by atoms with Crippen LogP contribution in [0.25, 0.3) is 11.3 Å². The average molecular weight is 223 g/mol. The molecule has 0 atom stereocenters. The maximum Gasteiger partial charge on any atom is 0.416 e. The van der Waals surface area contributed by atoms with Crippen molar-refractivity contribution in [2.75, 3.05) is 0 Å². The molecule has 0 fully saturated rings. The van der Waals surface area contributed by atoms with E-state index in [1.54, 1.807) is 6.07 Å². The van der Waals surface area contributed by atoms with Crippen molar-refractivity contribution in [2.45, 2.75) is 6.18 Å². The normalized spacial score (nSPS) is 11.4. The van der Waals surface area contributed by atoms with Crippen LogP contribution in [-0.4, -0.2) is 9.97 Å². The Kier molecular flexibility index (Phi) is 2.60. The van der Waals surface area contributed by atoms with E-state index in [1.165, 1.54) is 18.5 Å². The molecule has 0 spiro atoms. The predicted molar refractivity (Wildman–Crippen MR) is 51.3 cm³/mol. The van der Waals surface area contributed by atoms with E-state index in [9.17, 15) is 13.2 Å². The zero-order valence-corrected chi connectivity index (χ0v) is 7.99. The van der Waals surface area contributed by atoms with Gasteiger partial charge in [0.05, 0.1) is 17.5 Å². The van der Waals surface area contributed by atoms with Gasteiger partial charge in [0.1, 0.15) is 6.33 Å². The highest BCUT2D eigenvalue weighted by Crippen LogP contribution is 2.31. The first-order valence-electron chi connectivity index (χ1n) is 4.43. The molecule has 0 saturated heterocycles. The van der Waals surface area contributed by atoms with Gasteiger partial charge in [-0.1, -0.05) is 12.1 Å². The maximum absolute atomic E-state index is 12.4. The minimum atomic E-state index is -4.34. The summed E-state index contributed by atoms with van der Waals surface area (Å²) >= 11 is 0. The summed E-state index contributed by atoms with van der Waals surface area (Å²) in [7, 11) is 0. The van der Waals surface area contributed by atoms with Crippen LogP contribution in [0.5, 0.6) is 0 Å². The Labute approximate surface area is 89.8 Å². The van der Waals surface area contributed by atoms with Crippen molar-refractivity contribution in [3.63, 3.8) is 0 Å². The highest BCUT2D eigenvalue weighted by molar-refractivity contribution is 5.59. The fourth-order valence-corrected chi connectivity index (χ4v) is 1.27. The quantitative estimate of drug-likeness (QED) is 0.742. The van der Waals surface area contributed by atoms with Crippen molar-refractivity contribution < 1.29 is 13.2 Å². The Morgan fingerprint density at radius 2 is 2.00 bits per heavy atom. The molecule has 1 heterocycles. The summed E-state index contributed by atoms with van der Waals surface area (Å²) in [6.45, 7) is 0. The van der Waals surface area contributed by atoms with Crippen LogP contribution in [0, 0.1) is 6.20 Å². The van der Waals surface area contributed by atoms with Crippen LogP contribution in [0.4, 0.5) is 13.2 Å². The first-order valence-corrected chi connectivity index (χ1v) is 4.43. The second-order valence-electron chi connectivity index (χ2n) is 3.11. The van der Waals surface area contributed by atoms with E-state index in [0.717, 1.165) is 12.1 Å². The Bertz CT molecular complexity index is 480. The fraction of sp³-hybridized carbons (Fsp3) is 0.0909. The third-order valence-corrected chi connectivity index (χ3v) is 2.02. The molecule has 2 nitrogen and oxygen atoms in total. The van der Waals surface area contributed by atoms with Gasteiger partial charge in [-0.15, -0.1) is 0 Å². The van der Waals surface area contributed by atoms with Gasteiger partial charge in [0, 0.05) is 5.56 Å². The molecule has 0 unspecified atom stereocenters. The number of hydrogen-bond donors (Lipinski definition) is 0. The zero-order chi connectivity index (χ0) is 11.6. The molecule has 0 N–H and O–H groups in total. The van der Waals surface area contributed by atoms with Crippen LogP contribution in [0.3, 0.4) is 0 Å². The van der Waals surface area contributed by atoms with Gasteiger partial charge < -0.3 is 0 Å². The van der Waals surface area contributed by atoms with E-state index in [2.05, 4.69) is 16.2 Å². The number of benzene rings is 1. The zero-order valence-electron chi connectivity index (χ0n) is 7.99. The molecule has 0 amide bonds. The Morgan fingerprint density at radius 3 is 2.62 bits per heavy atom. The first-order chi connectivity index (χ1) is 7.57. The molecular formula is C11H6F3N2. The molecule has 16 heavy (non-hydrogen) atoms. The van der Waals surface area contributed by atoms with Gasteiger partial charge in [0.25, 0.3) is 0 Å². The number of nitrogens with zero attached hydrogens (tertiary/aromatic N) is 2. The lowest BCUT2D eigenvalue weighted by Gasteiger charge is -2.07. The molecule has 81 valence electrons. The van der Waals surface area contributed by atoms with Gasteiger partial charge in [-0.25, -0.2) is 9.97 Å². The van der Waals surface area contributed by atoms with Crippen LogP contribution < -0.4 is 0 Å². The lowest BCUT2D eigenvalue weighted by molar-refractivity contribution is -0.137. The maximum atomic E-state index is 12.4. The van der Waals surface area contributed by atoms with Gasteiger partial charge in [-0.3, -0.25) is 0 Å². The number of aromatic nitrogens is 2. The number of rotatable bonds is 1. The van der Waals surface area contributed by atoms with E-state index < -0.39 is 11.7 Å². The number of halogens is 3. The van der Waals surface area contributed by atoms with Crippen molar-refractivity contribution >= 4 is 0 Å². The van der Waals surface area contributed by atoms with E-state index >= 15 is 0 Å². The Balaban J connectivity index is 2.45. The molecule has 0 saturated carbocycles. The predicted octanol–water partition coefficient (Wildman–Crippen LogP) is 2.96. The summed E-state index contributed by atoms with van der Waals surface area (Å²) in [4.78, 5) is 7.45. The van der Waals surface area contributed by atoms with Gasteiger partial charge in [-0.2, -0.15) is 13.2 Å². The number of alkyl halides is 3. The van der Waals surface area contributed by atoms with Gasteiger partial charge >= 0.3 is 6.18 Å². The highest BCUT2D eigenvalue weighted by Gasteiger charge is 2.30. The van der Waals surface area contributed by atoms with Crippen LogP contribution >= 0.6 is 0 Å². The van der Waals surface area contributed by atoms with Gasteiger partial charge in [0.15, 0.2) is 0 Å². The minimum Gasteiger partial charge on any atom is -0.236 e. The average Bonchev–Trinajstić information content (AvgIpc) is 2.29.